The van der Waals surface area contributed by atoms with Crippen LogP contribution in [0.4, 0.5) is 16.2 Å². The van der Waals surface area contributed by atoms with Crippen molar-refractivity contribution >= 4 is 33.3 Å². The molecule has 3 amide bonds. The Kier molecular flexibility index (Phi) is 5.66. The highest BCUT2D eigenvalue weighted by molar-refractivity contribution is 7.93. The first-order valence-electron chi connectivity index (χ1n) is 7.79. The van der Waals surface area contributed by atoms with E-state index in [2.05, 4.69) is 16.0 Å². The first-order chi connectivity index (χ1) is 11.3. The van der Waals surface area contributed by atoms with Crippen LogP contribution in [0, 0.1) is 0 Å². The molecular weight excluding hydrogens is 332 g/mol. The molecule has 0 unspecified atom stereocenters. The fraction of sp³-hybridized carbons (Fsp3) is 0.467. The average molecular weight is 354 g/mol. The van der Waals surface area contributed by atoms with Crippen LogP contribution in [-0.2, 0) is 14.8 Å². The zero-order valence-electron chi connectivity index (χ0n) is 13.7. The van der Waals surface area contributed by atoms with Gasteiger partial charge in [-0.15, -0.1) is 0 Å². The van der Waals surface area contributed by atoms with Gasteiger partial charge < -0.3 is 10.6 Å². The zero-order chi connectivity index (χ0) is 17.7. The number of nitrogens with one attached hydrogen (secondary N) is 3. The summed E-state index contributed by atoms with van der Waals surface area (Å²) in [6.45, 7) is 4.31. The quantitative estimate of drug-likeness (QED) is 0.727. The molecule has 2 rings (SSSR count). The minimum Gasteiger partial charge on any atom is -0.374 e. The summed E-state index contributed by atoms with van der Waals surface area (Å²) in [5.41, 5.74) is 1.27. The van der Waals surface area contributed by atoms with Gasteiger partial charge in [0.05, 0.1) is 11.4 Å². The maximum Gasteiger partial charge on any atom is 0.321 e. The molecule has 0 spiro atoms. The minimum absolute atomic E-state index is 0.171. The van der Waals surface area contributed by atoms with Crippen LogP contribution in [0.5, 0.6) is 0 Å². The highest BCUT2D eigenvalue weighted by atomic mass is 32.2. The molecule has 9 heteroatoms. The molecule has 8 nitrogen and oxygen atoms in total. The molecule has 132 valence electrons. The molecule has 1 saturated heterocycles. The number of nitrogens with zero attached hydrogens (tertiary/aromatic N) is 1. The second kappa shape index (κ2) is 7.52. The largest absolute Gasteiger partial charge is 0.374 e. The summed E-state index contributed by atoms with van der Waals surface area (Å²) < 4.78 is 25.2. The molecule has 1 fully saturated rings. The Morgan fingerprint density at radius 3 is 2.46 bits per heavy atom. The van der Waals surface area contributed by atoms with Gasteiger partial charge in [-0.25, -0.2) is 13.2 Å². The third-order valence-corrected chi connectivity index (χ3v) is 5.47. The summed E-state index contributed by atoms with van der Waals surface area (Å²) in [5, 5.41) is 7.68. The van der Waals surface area contributed by atoms with Gasteiger partial charge in [0.25, 0.3) is 0 Å². The number of imide groups is 1. The third kappa shape index (κ3) is 4.38. The summed E-state index contributed by atoms with van der Waals surface area (Å²) in [4.78, 5) is 23.2. The lowest BCUT2D eigenvalue weighted by Crippen LogP contribution is -2.45. The van der Waals surface area contributed by atoms with Gasteiger partial charge in [-0.3, -0.25) is 14.4 Å². The Bertz CT molecular complexity index is 703. The summed E-state index contributed by atoms with van der Waals surface area (Å²) in [6.07, 6.45) is 0.624. The lowest BCUT2D eigenvalue weighted by atomic mass is 10.2. The van der Waals surface area contributed by atoms with E-state index < -0.39 is 28.0 Å². The number of hydrogen-bond donors (Lipinski definition) is 3. The van der Waals surface area contributed by atoms with E-state index in [1.807, 2.05) is 0 Å². The van der Waals surface area contributed by atoms with Crippen molar-refractivity contribution in [3.63, 3.8) is 0 Å². The van der Waals surface area contributed by atoms with Crippen molar-refractivity contribution in [2.75, 3.05) is 28.5 Å². The molecule has 1 aromatic rings. The summed E-state index contributed by atoms with van der Waals surface area (Å²) in [5.74, 6) is -0.281. The van der Waals surface area contributed by atoms with Gasteiger partial charge in [0, 0.05) is 18.8 Å². The Morgan fingerprint density at radius 2 is 1.92 bits per heavy atom. The fourth-order valence-corrected chi connectivity index (χ4v) is 3.96. The molecule has 3 N–H and O–H groups in total. The van der Waals surface area contributed by atoms with Gasteiger partial charge in [-0.2, -0.15) is 0 Å². The number of rotatable bonds is 5. The van der Waals surface area contributed by atoms with E-state index in [1.54, 1.807) is 38.1 Å². The standard InChI is InChI=1S/C15H22N4O4S/c1-3-16-15(21)18-14(20)11(2)17-12-5-7-13(8-6-12)19-9-4-10-24(19,22)23/h5-8,11,17H,3-4,9-10H2,1-2H3,(H2,16,18,20,21)/t11-/m1/s1. The highest BCUT2D eigenvalue weighted by Crippen LogP contribution is 2.25. The molecule has 1 atom stereocenters. The van der Waals surface area contributed by atoms with E-state index in [9.17, 15) is 18.0 Å². The second-order valence-corrected chi connectivity index (χ2v) is 7.52. The number of benzene rings is 1. The molecule has 1 aliphatic heterocycles. The average Bonchev–Trinajstić information content (AvgIpc) is 2.87. The Balaban J connectivity index is 1.96. The molecule has 0 aliphatic carbocycles. The van der Waals surface area contributed by atoms with Crippen molar-refractivity contribution < 1.29 is 18.0 Å². The molecule has 0 bridgehead atoms. The van der Waals surface area contributed by atoms with Gasteiger partial charge in [-0.05, 0) is 44.5 Å². The van der Waals surface area contributed by atoms with Crippen LogP contribution in [0.2, 0.25) is 0 Å². The number of carbonyl (C=O) groups is 2. The smallest absolute Gasteiger partial charge is 0.321 e. The van der Waals surface area contributed by atoms with Crippen molar-refractivity contribution in [3.05, 3.63) is 24.3 Å². The van der Waals surface area contributed by atoms with E-state index in [1.165, 1.54) is 4.31 Å². The first kappa shape index (κ1) is 18.1. The Labute approximate surface area is 141 Å². The third-order valence-electron chi connectivity index (χ3n) is 3.61. The van der Waals surface area contributed by atoms with Gasteiger partial charge in [-0.1, -0.05) is 0 Å². The zero-order valence-corrected chi connectivity index (χ0v) is 14.5. The van der Waals surface area contributed by atoms with Crippen molar-refractivity contribution in [2.45, 2.75) is 26.3 Å². The van der Waals surface area contributed by atoms with E-state index in [0.717, 1.165) is 0 Å². The van der Waals surface area contributed by atoms with Crippen LogP contribution < -0.4 is 20.3 Å². The molecule has 1 aromatic carbocycles. The van der Waals surface area contributed by atoms with Crippen LogP contribution in [0.3, 0.4) is 0 Å². The lowest BCUT2D eigenvalue weighted by Gasteiger charge is -2.18. The predicted molar refractivity (Wildman–Crippen MR) is 92.5 cm³/mol. The van der Waals surface area contributed by atoms with Crippen LogP contribution in [0.25, 0.3) is 0 Å². The lowest BCUT2D eigenvalue weighted by molar-refractivity contribution is -0.120. The maximum absolute atomic E-state index is 11.9. The molecular formula is C15H22N4O4S. The van der Waals surface area contributed by atoms with E-state index in [4.69, 9.17) is 0 Å². The van der Waals surface area contributed by atoms with E-state index in [-0.39, 0.29) is 5.75 Å². The van der Waals surface area contributed by atoms with Crippen LogP contribution in [0.15, 0.2) is 24.3 Å². The van der Waals surface area contributed by atoms with Crippen molar-refractivity contribution in [3.8, 4) is 0 Å². The minimum atomic E-state index is -3.20. The van der Waals surface area contributed by atoms with Crippen molar-refractivity contribution in [1.82, 2.24) is 10.6 Å². The number of urea groups is 1. The fourth-order valence-electron chi connectivity index (χ4n) is 2.39. The maximum atomic E-state index is 11.9. The van der Waals surface area contributed by atoms with E-state index >= 15 is 0 Å². The molecule has 1 heterocycles. The topological polar surface area (TPSA) is 108 Å². The van der Waals surface area contributed by atoms with Gasteiger partial charge in [0.15, 0.2) is 0 Å². The number of hydrogen-bond acceptors (Lipinski definition) is 5. The Morgan fingerprint density at radius 1 is 1.25 bits per heavy atom. The molecule has 24 heavy (non-hydrogen) atoms. The first-order valence-corrected chi connectivity index (χ1v) is 9.40. The normalized spacial score (nSPS) is 17.2. The molecule has 0 radical (unpaired) electrons. The number of carbonyl (C=O) groups excluding carboxylic acids is 2. The summed E-state index contributed by atoms with van der Waals surface area (Å²) >= 11 is 0. The van der Waals surface area contributed by atoms with Crippen molar-refractivity contribution in [2.24, 2.45) is 0 Å². The second-order valence-electron chi connectivity index (χ2n) is 5.50. The highest BCUT2D eigenvalue weighted by Gasteiger charge is 2.28. The monoisotopic (exact) mass is 354 g/mol. The SMILES string of the molecule is CCNC(=O)NC(=O)[C@@H](C)Nc1ccc(N2CCCS2(=O)=O)cc1. The van der Waals surface area contributed by atoms with Gasteiger partial charge in [0.1, 0.15) is 6.04 Å². The molecule has 0 aromatic heterocycles. The number of sulfonamides is 1. The summed E-state index contributed by atoms with van der Waals surface area (Å²) in [7, 11) is -3.20. The molecule has 1 aliphatic rings. The van der Waals surface area contributed by atoms with Gasteiger partial charge in [0.2, 0.25) is 15.9 Å². The van der Waals surface area contributed by atoms with Crippen molar-refractivity contribution in [1.29, 1.82) is 0 Å². The molecule has 0 saturated carbocycles. The van der Waals surface area contributed by atoms with Crippen LogP contribution >= 0.6 is 0 Å². The van der Waals surface area contributed by atoms with Crippen LogP contribution in [-0.4, -0.2) is 45.2 Å². The number of amides is 3. The predicted octanol–water partition coefficient (Wildman–Crippen LogP) is 0.873. The van der Waals surface area contributed by atoms with E-state index in [0.29, 0.717) is 30.9 Å². The number of anilines is 2. The van der Waals surface area contributed by atoms with Gasteiger partial charge >= 0.3 is 6.03 Å². The summed E-state index contributed by atoms with van der Waals surface area (Å²) in [6, 6.07) is 5.65. The Hall–Kier alpha value is -2.29. The van der Waals surface area contributed by atoms with Crippen LogP contribution in [0.1, 0.15) is 20.3 Å².